The fourth-order valence-electron chi connectivity index (χ4n) is 1.64. The van der Waals surface area contributed by atoms with Gasteiger partial charge in [0.2, 0.25) is 5.71 Å². The summed E-state index contributed by atoms with van der Waals surface area (Å²) in [5, 5.41) is 17.5. The number of hydrogen-bond donors (Lipinski definition) is 3. The highest BCUT2D eigenvalue weighted by Crippen LogP contribution is 2.15. The Morgan fingerprint density at radius 2 is 1.13 bits per heavy atom. The largest absolute Gasteiger partial charge is 0.410 e. The van der Waals surface area contributed by atoms with Crippen molar-refractivity contribution in [2.45, 2.75) is 0 Å². The second-order valence-electron chi connectivity index (χ2n) is 4.37. The highest BCUT2D eigenvalue weighted by Gasteiger charge is 2.21. The molecule has 0 saturated carbocycles. The molecule has 0 aliphatic carbocycles. The highest BCUT2D eigenvalue weighted by atomic mass is 35.5. The van der Waals surface area contributed by atoms with Gasteiger partial charge >= 0.3 is 0 Å². The smallest absolute Gasteiger partial charge is 0.283 e. The van der Waals surface area contributed by atoms with Crippen LogP contribution in [0.4, 0.5) is 11.4 Å². The van der Waals surface area contributed by atoms with Crippen molar-refractivity contribution in [1.82, 2.24) is 0 Å². The zero-order chi connectivity index (χ0) is 16.8. The summed E-state index contributed by atoms with van der Waals surface area (Å²) < 4.78 is 0. The standard InChI is InChI=1S/C15H11Cl2N3O3/c16-9-1-5-11(6-2-9)18-14(21)13(20-23)15(22)19-12-7-3-10(17)4-8-12/h1-8,23H,(H,18,21)(H,19,22). The molecule has 3 N–H and O–H groups in total. The van der Waals surface area contributed by atoms with Crippen LogP contribution in [0.2, 0.25) is 10.0 Å². The van der Waals surface area contributed by atoms with E-state index in [2.05, 4.69) is 15.8 Å². The van der Waals surface area contributed by atoms with Gasteiger partial charge in [0.05, 0.1) is 0 Å². The number of nitrogens with one attached hydrogen (secondary N) is 2. The maximum absolute atomic E-state index is 12.0. The number of rotatable bonds is 4. The molecule has 2 rings (SSSR count). The third-order valence-corrected chi connectivity index (χ3v) is 3.24. The molecule has 0 aliphatic rings. The van der Waals surface area contributed by atoms with Crippen LogP contribution in [0.15, 0.2) is 53.7 Å². The van der Waals surface area contributed by atoms with Crippen LogP contribution in [0.5, 0.6) is 0 Å². The molecule has 0 saturated heterocycles. The van der Waals surface area contributed by atoms with Gasteiger partial charge in [-0.1, -0.05) is 28.4 Å². The van der Waals surface area contributed by atoms with Gasteiger partial charge in [0.1, 0.15) is 0 Å². The van der Waals surface area contributed by atoms with Crippen molar-refractivity contribution in [3.05, 3.63) is 58.6 Å². The molecular weight excluding hydrogens is 341 g/mol. The molecule has 0 fully saturated rings. The van der Waals surface area contributed by atoms with Gasteiger partial charge in [-0.25, -0.2) is 0 Å². The third kappa shape index (κ3) is 4.70. The van der Waals surface area contributed by atoms with Gasteiger partial charge in [-0.2, -0.15) is 0 Å². The van der Waals surface area contributed by atoms with Gasteiger partial charge in [0.25, 0.3) is 11.8 Å². The Labute approximate surface area is 141 Å². The molecule has 8 heteroatoms. The van der Waals surface area contributed by atoms with E-state index >= 15 is 0 Å². The molecule has 2 aromatic carbocycles. The Hall–Kier alpha value is -2.57. The first-order valence-electron chi connectivity index (χ1n) is 6.35. The number of carbonyl (C=O) groups excluding carboxylic acids is 2. The molecule has 23 heavy (non-hydrogen) atoms. The zero-order valence-electron chi connectivity index (χ0n) is 11.6. The summed E-state index contributed by atoms with van der Waals surface area (Å²) in [7, 11) is 0. The van der Waals surface area contributed by atoms with Gasteiger partial charge < -0.3 is 15.8 Å². The van der Waals surface area contributed by atoms with Gasteiger partial charge in [-0.3, -0.25) is 9.59 Å². The van der Waals surface area contributed by atoms with Crippen LogP contribution in [0.3, 0.4) is 0 Å². The van der Waals surface area contributed by atoms with E-state index in [-0.39, 0.29) is 0 Å². The maximum Gasteiger partial charge on any atom is 0.283 e. The summed E-state index contributed by atoms with van der Waals surface area (Å²) in [6.45, 7) is 0. The number of benzene rings is 2. The van der Waals surface area contributed by atoms with Crippen molar-refractivity contribution in [3.8, 4) is 0 Å². The van der Waals surface area contributed by atoms with E-state index in [4.69, 9.17) is 28.4 Å². The summed E-state index contributed by atoms with van der Waals surface area (Å²) >= 11 is 11.5. The second-order valence-corrected chi connectivity index (χ2v) is 5.24. The molecular formula is C15H11Cl2N3O3. The summed E-state index contributed by atoms with van der Waals surface area (Å²) in [5.41, 5.74) is 0.120. The number of hydrogen-bond acceptors (Lipinski definition) is 4. The molecule has 0 unspecified atom stereocenters. The average molecular weight is 352 g/mol. The second kappa shape index (κ2) is 7.62. The lowest BCUT2D eigenvalue weighted by molar-refractivity contribution is -0.114. The van der Waals surface area contributed by atoms with Crippen LogP contribution in [0.1, 0.15) is 0 Å². The van der Waals surface area contributed by atoms with Crippen LogP contribution < -0.4 is 10.6 Å². The number of carbonyl (C=O) groups is 2. The SMILES string of the molecule is O=C(Nc1ccc(Cl)cc1)C(=NO)C(=O)Nc1ccc(Cl)cc1. The van der Waals surface area contributed by atoms with E-state index < -0.39 is 17.5 Å². The van der Waals surface area contributed by atoms with E-state index in [1.807, 2.05) is 0 Å². The van der Waals surface area contributed by atoms with E-state index in [0.717, 1.165) is 0 Å². The molecule has 0 atom stereocenters. The Balaban J connectivity index is 2.06. The van der Waals surface area contributed by atoms with E-state index in [1.165, 1.54) is 0 Å². The summed E-state index contributed by atoms with van der Waals surface area (Å²) in [5.74, 6) is -1.72. The number of oxime groups is 1. The molecule has 0 aromatic heterocycles. The van der Waals surface area contributed by atoms with E-state index in [0.29, 0.717) is 21.4 Å². The Morgan fingerprint density at radius 3 is 1.43 bits per heavy atom. The molecule has 2 aromatic rings. The first kappa shape index (κ1) is 16.8. The van der Waals surface area contributed by atoms with Crippen molar-refractivity contribution >= 4 is 52.1 Å². The van der Waals surface area contributed by atoms with Crippen LogP contribution in [-0.4, -0.2) is 22.7 Å². The fourth-order valence-corrected chi connectivity index (χ4v) is 1.89. The van der Waals surface area contributed by atoms with Gasteiger partial charge in [0, 0.05) is 21.4 Å². The van der Waals surface area contributed by atoms with E-state index in [9.17, 15) is 9.59 Å². The highest BCUT2D eigenvalue weighted by molar-refractivity contribution is 6.68. The normalized spacial score (nSPS) is 9.83. The van der Waals surface area contributed by atoms with Crippen LogP contribution in [0, 0.1) is 0 Å². The molecule has 0 aliphatic heterocycles. The predicted molar refractivity (Wildman–Crippen MR) is 89.4 cm³/mol. The molecule has 0 bridgehead atoms. The number of amides is 2. The first-order chi connectivity index (χ1) is 11.0. The molecule has 0 radical (unpaired) electrons. The minimum absolute atomic E-state index is 0.403. The lowest BCUT2D eigenvalue weighted by atomic mass is 10.2. The summed E-state index contributed by atoms with van der Waals surface area (Å²) in [6, 6.07) is 12.5. The summed E-state index contributed by atoms with van der Waals surface area (Å²) in [4.78, 5) is 24.0. The van der Waals surface area contributed by atoms with Crippen molar-refractivity contribution < 1.29 is 14.8 Å². The molecule has 0 spiro atoms. The van der Waals surface area contributed by atoms with Crippen molar-refractivity contribution in [3.63, 3.8) is 0 Å². The quantitative estimate of drug-likeness (QED) is 0.341. The number of anilines is 2. The first-order valence-corrected chi connectivity index (χ1v) is 7.11. The number of halogens is 2. The topological polar surface area (TPSA) is 90.8 Å². The monoisotopic (exact) mass is 351 g/mol. The van der Waals surface area contributed by atoms with Crippen LogP contribution in [0.25, 0.3) is 0 Å². The zero-order valence-corrected chi connectivity index (χ0v) is 13.1. The minimum atomic E-state index is -0.860. The van der Waals surface area contributed by atoms with Crippen LogP contribution >= 0.6 is 23.2 Å². The van der Waals surface area contributed by atoms with Gasteiger partial charge in [-0.05, 0) is 48.5 Å². The fraction of sp³-hybridized carbons (Fsp3) is 0. The minimum Gasteiger partial charge on any atom is -0.410 e. The van der Waals surface area contributed by atoms with Gasteiger partial charge in [0.15, 0.2) is 0 Å². The Kier molecular flexibility index (Phi) is 5.56. The summed E-state index contributed by atoms with van der Waals surface area (Å²) in [6.07, 6.45) is 0. The van der Waals surface area contributed by atoms with Gasteiger partial charge in [-0.15, -0.1) is 0 Å². The van der Waals surface area contributed by atoms with Crippen molar-refractivity contribution in [2.75, 3.05) is 10.6 Å². The maximum atomic E-state index is 12.0. The van der Waals surface area contributed by atoms with Crippen molar-refractivity contribution in [2.24, 2.45) is 5.16 Å². The van der Waals surface area contributed by atoms with Crippen molar-refractivity contribution in [1.29, 1.82) is 0 Å². The van der Waals surface area contributed by atoms with Crippen LogP contribution in [-0.2, 0) is 9.59 Å². The third-order valence-electron chi connectivity index (χ3n) is 2.73. The Morgan fingerprint density at radius 1 is 0.783 bits per heavy atom. The predicted octanol–water partition coefficient (Wildman–Crippen LogP) is 3.40. The molecule has 118 valence electrons. The molecule has 2 amide bonds. The Bertz CT molecular complexity index is 682. The number of nitrogens with zero attached hydrogens (tertiary/aromatic N) is 1. The lowest BCUT2D eigenvalue weighted by Crippen LogP contribution is -2.34. The molecule has 0 heterocycles. The average Bonchev–Trinajstić information content (AvgIpc) is 2.52. The molecule has 6 nitrogen and oxygen atoms in total. The lowest BCUT2D eigenvalue weighted by Gasteiger charge is -2.08. The van der Waals surface area contributed by atoms with E-state index in [1.54, 1.807) is 48.5 Å².